The van der Waals surface area contributed by atoms with E-state index in [1.54, 1.807) is 48.5 Å². The largest absolute Gasteiger partial charge is 0.482 e. The molecule has 0 aliphatic heterocycles. The van der Waals surface area contributed by atoms with E-state index in [0.717, 1.165) is 0 Å². The van der Waals surface area contributed by atoms with Crippen molar-refractivity contribution < 1.29 is 19.1 Å². The molecule has 0 bridgehead atoms. The van der Waals surface area contributed by atoms with E-state index in [-0.39, 0.29) is 12.4 Å². The number of rotatable bonds is 5. The molecule has 0 aliphatic rings. The van der Waals surface area contributed by atoms with E-state index < -0.39 is 5.97 Å². The van der Waals surface area contributed by atoms with Crippen LogP contribution >= 0.6 is 11.6 Å². The molecule has 0 saturated heterocycles. The molecule has 0 N–H and O–H groups in total. The molecule has 0 radical (unpaired) electrons. The first-order valence-electron chi connectivity index (χ1n) is 6.24. The minimum absolute atomic E-state index is 0.0426. The highest BCUT2D eigenvalue weighted by atomic mass is 35.5. The SMILES string of the molecule is CC(=O)c1ccc(OC(=O)COc2ccc(Cl)cc2)cc1. The zero-order valence-electron chi connectivity index (χ0n) is 11.3. The molecule has 4 nitrogen and oxygen atoms in total. The predicted molar refractivity (Wildman–Crippen MR) is 79.0 cm³/mol. The van der Waals surface area contributed by atoms with Gasteiger partial charge in [-0.3, -0.25) is 4.79 Å². The van der Waals surface area contributed by atoms with E-state index >= 15 is 0 Å². The smallest absolute Gasteiger partial charge is 0.349 e. The number of ether oxygens (including phenoxy) is 2. The molecule has 0 aliphatic carbocycles. The van der Waals surface area contributed by atoms with Crippen LogP contribution in [0.15, 0.2) is 48.5 Å². The van der Waals surface area contributed by atoms with Crippen LogP contribution in [0.1, 0.15) is 17.3 Å². The molecule has 108 valence electrons. The summed E-state index contributed by atoms with van der Waals surface area (Å²) in [5, 5.41) is 0.593. The van der Waals surface area contributed by atoms with Gasteiger partial charge < -0.3 is 9.47 Å². The molecule has 0 amide bonds. The number of hydrogen-bond acceptors (Lipinski definition) is 4. The Labute approximate surface area is 127 Å². The maximum atomic E-state index is 11.6. The number of esters is 1. The molecule has 0 spiro atoms. The van der Waals surface area contributed by atoms with Crippen molar-refractivity contribution in [3.05, 3.63) is 59.1 Å². The number of Topliss-reactive ketones (excluding diaryl/α,β-unsaturated/α-hetero) is 1. The van der Waals surface area contributed by atoms with Crippen LogP contribution < -0.4 is 9.47 Å². The minimum Gasteiger partial charge on any atom is -0.482 e. The number of hydrogen-bond donors (Lipinski definition) is 0. The third kappa shape index (κ3) is 4.61. The zero-order chi connectivity index (χ0) is 15.2. The van der Waals surface area contributed by atoms with Crippen molar-refractivity contribution in [2.45, 2.75) is 6.92 Å². The minimum atomic E-state index is -0.527. The van der Waals surface area contributed by atoms with E-state index in [4.69, 9.17) is 21.1 Å². The predicted octanol–water partition coefficient (Wildman–Crippen LogP) is 3.53. The van der Waals surface area contributed by atoms with Gasteiger partial charge in [-0.1, -0.05) is 11.6 Å². The Morgan fingerprint density at radius 3 is 2.10 bits per heavy atom. The summed E-state index contributed by atoms with van der Waals surface area (Å²) in [6.07, 6.45) is 0. The number of halogens is 1. The molecular weight excluding hydrogens is 292 g/mol. The lowest BCUT2D eigenvalue weighted by molar-refractivity contribution is -0.136. The third-order valence-corrected chi connectivity index (χ3v) is 2.91. The molecule has 21 heavy (non-hydrogen) atoms. The van der Waals surface area contributed by atoms with Gasteiger partial charge >= 0.3 is 5.97 Å². The Kier molecular flexibility index (Phi) is 4.95. The standard InChI is InChI=1S/C16H13ClO4/c1-11(18)12-2-6-15(7-3-12)21-16(19)10-20-14-8-4-13(17)5-9-14/h2-9H,10H2,1H3. The second-order valence-electron chi connectivity index (χ2n) is 4.30. The summed E-state index contributed by atoms with van der Waals surface area (Å²) < 4.78 is 10.4. The summed E-state index contributed by atoms with van der Waals surface area (Å²) in [7, 11) is 0. The lowest BCUT2D eigenvalue weighted by atomic mass is 10.1. The summed E-state index contributed by atoms with van der Waals surface area (Å²) in [4.78, 5) is 22.8. The first-order chi connectivity index (χ1) is 10.0. The van der Waals surface area contributed by atoms with Gasteiger partial charge in [0, 0.05) is 10.6 Å². The molecule has 0 atom stereocenters. The molecule has 2 rings (SSSR count). The fourth-order valence-corrected chi connectivity index (χ4v) is 1.72. The third-order valence-electron chi connectivity index (χ3n) is 2.66. The van der Waals surface area contributed by atoms with Crippen molar-refractivity contribution in [3.8, 4) is 11.5 Å². The van der Waals surface area contributed by atoms with Crippen molar-refractivity contribution in [2.24, 2.45) is 0 Å². The normalized spacial score (nSPS) is 10.0. The van der Waals surface area contributed by atoms with Gasteiger partial charge in [0.15, 0.2) is 12.4 Å². The molecular formula is C16H13ClO4. The number of carbonyl (C=O) groups is 2. The fourth-order valence-electron chi connectivity index (χ4n) is 1.59. The number of benzene rings is 2. The van der Waals surface area contributed by atoms with Gasteiger partial charge in [0.2, 0.25) is 0 Å². The quantitative estimate of drug-likeness (QED) is 0.482. The maximum absolute atomic E-state index is 11.6. The first kappa shape index (κ1) is 15.1. The van der Waals surface area contributed by atoms with Gasteiger partial charge in [-0.05, 0) is 55.5 Å². The Balaban J connectivity index is 1.86. The van der Waals surface area contributed by atoms with E-state index in [2.05, 4.69) is 0 Å². The number of ketones is 1. The van der Waals surface area contributed by atoms with Crippen LogP contribution in [0.2, 0.25) is 5.02 Å². The summed E-state index contributed by atoms with van der Waals surface area (Å²) in [6.45, 7) is 1.26. The van der Waals surface area contributed by atoms with Gasteiger partial charge in [-0.2, -0.15) is 0 Å². The summed E-state index contributed by atoms with van der Waals surface area (Å²) in [5.41, 5.74) is 0.562. The van der Waals surface area contributed by atoms with E-state index in [1.165, 1.54) is 6.92 Å². The summed E-state index contributed by atoms with van der Waals surface area (Å²) >= 11 is 5.75. The molecule has 0 fully saturated rings. The van der Waals surface area contributed by atoms with Crippen molar-refractivity contribution in [1.29, 1.82) is 0 Å². The molecule has 0 heterocycles. The van der Waals surface area contributed by atoms with E-state index in [9.17, 15) is 9.59 Å². The molecule has 0 unspecified atom stereocenters. The van der Waals surface area contributed by atoms with Crippen LogP contribution in [-0.4, -0.2) is 18.4 Å². The zero-order valence-corrected chi connectivity index (χ0v) is 12.1. The highest BCUT2D eigenvalue weighted by Gasteiger charge is 2.07. The lowest BCUT2D eigenvalue weighted by Crippen LogP contribution is -2.17. The first-order valence-corrected chi connectivity index (χ1v) is 6.62. The summed E-state index contributed by atoms with van der Waals surface area (Å²) in [6, 6.07) is 13.0. The van der Waals surface area contributed by atoms with Crippen LogP contribution in [0.5, 0.6) is 11.5 Å². The van der Waals surface area contributed by atoms with Gasteiger partial charge in [0.05, 0.1) is 0 Å². The topological polar surface area (TPSA) is 52.6 Å². The van der Waals surface area contributed by atoms with Crippen LogP contribution in [-0.2, 0) is 4.79 Å². The maximum Gasteiger partial charge on any atom is 0.349 e. The average Bonchev–Trinajstić information content (AvgIpc) is 2.47. The van der Waals surface area contributed by atoms with Crippen molar-refractivity contribution in [1.82, 2.24) is 0 Å². The van der Waals surface area contributed by atoms with Gasteiger partial charge in [0.1, 0.15) is 11.5 Å². The summed E-state index contributed by atoms with van der Waals surface area (Å²) in [5.74, 6) is 0.326. The van der Waals surface area contributed by atoms with Gasteiger partial charge in [0.25, 0.3) is 0 Å². The van der Waals surface area contributed by atoms with E-state index in [1.807, 2.05) is 0 Å². The lowest BCUT2D eigenvalue weighted by Gasteiger charge is -2.07. The highest BCUT2D eigenvalue weighted by Crippen LogP contribution is 2.16. The van der Waals surface area contributed by atoms with Crippen LogP contribution in [0, 0.1) is 0 Å². The molecule has 2 aromatic rings. The van der Waals surface area contributed by atoms with Crippen LogP contribution in [0.4, 0.5) is 0 Å². The second kappa shape index (κ2) is 6.90. The molecule has 2 aromatic carbocycles. The molecule has 0 saturated carbocycles. The Bertz CT molecular complexity index is 632. The Morgan fingerprint density at radius 1 is 0.952 bits per heavy atom. The monoisotopic (exact) mass is 304 g/mol. The number of carbonyl (C=O) groups excluding carboxylic acids is 2. The van der Waals surface area contributed by atoms with Gasteiger partial charge in [-0.15, -0.1) is 0 Å². The van der Waals surface area contributed by atoms with Crippen LogP contribution in [0.25, 0.3) is 0 Å². The fraction of sp³-hybridized carbons (Fsp3) is 0.125. The van der Waals surface area contributed by atoms with Crippen LogP contribution in [0.3, 0.4) is 0 Å². The van der Waals surface area contributed by atoms with Gasteiger partial charge in [-0.25, -0.2) is 4.79 Å². The second-order valence-corrected chi connectivity index (χ2v) is 4.73. The average molecular weight is 305 g/mol. The van der Waals surface area contributed by atoms with E-state index in [0.29, 0.717) is 22.1 Å². The van der Waals surface area contributed by atoms with Crippen molar-refractivity contribution in [2.75, 3.05) is 6.61 Å². The Hall–Kier alpha value is -2.33. The van der Waals surface area contributed by atoms with Crippen molar-refractivity contribution in [3.63, 3.8) is 0 Å². The molecule has 5 heteroatoms. The molecule has 0 aromatic heterocycles. The Morgan fingerprint density at radius 2 is 1.52 bits per heavy atom. The highest BCUT2D eigenvalue weighted by molar-refractivity contribution is 6.30. The van der Waals surface area contributed by atoms with Crippen molar-refractivity contribution >= 4 is 23.4 Å².